The van der Waals surface area contributed by atoms with Crippen molar-refractivity contribution in [2.75, 3.05) is 39.3 Å². The van der Waals surface area contributed by atoms with Crippen LogP contribution in [0.4, 0.5) is 0 Å². The minimum Gasteiger partial charge on any atom is -0.357 e. The van der Waals surface area contributed by atoms with E-state index in [9.17, 15) is 4.79 Å². The molecule has 6 heteroatoms. The van der Waals surface area contributed by atoms with Gasteiger partial charge in [-0.15, -0.1) is 24.0 Å². The Bertz CT molecular complexity index is 336. The number of aliphatic imine (C=N–C) groups is 1. The summed E-state index contributed by atoms with van der Waals surface area (Å²) in [5.41, 5.74) is 0. The number of nitrogens with one attached hydrogen (secondary N) is 1. The van der Waals surface area contributed by atoms with E-state index >= 15 is 0 Å². The molecule has 0 bridgehead atoms. The molecule has 5 nitrogen and oxygen atoms in total. The zero-order chi connectivity index (χ0) is 13.7. The minimum absolute atomic E-state index is 0. The lowest BCUT2D eigenvalue weighted by molar-refractivity contribution is -0.130. The first-order valence-electron chi connectivity index (χ1n) is 7.49. The van der Waals surface area contributed by atoms with E-state index in [1.807, 2.05) is 4.90 Å². The monoisotopic (exact) mass is 394 g/mol. The summed E-state index contributed by atoms with van der Waals surface area (Å²) >= 11 is 0. The maximum Gasteiger partial charge on any atom is 0.219 e. The zero-order valence-corrected chi connectivity index (χ0v) is 14.9. The van der Waals surface area contributed by atoms with Gasteiger partial charge >= 0.3 is 0 Å². The third-order valence-electron chi connectivity index (χ3n) is 3.86. The number of hydrogen-bond donors (Lipinski definition) is 1. The quantitative estimate of drug-likeness (QED) is 0.447. The van der Waals surface area contributed by atoms with E-state index in [4.69, 9.17) is 4.99 Å². The number of halogens is 1. The normalized spacial score (nSPS) is 19.6. The molecular formula is C14H27IN4O. The Kier molecular flexibility index (Phi) is 7.61. The van der Waals surface area contributed by atoms with Crippen molar-refractivity contribution < 1.29 is 4.79 Å². The molecule has 0 spiro atoms. The fourth-order valence-electron chi connectivity index (χ4n) is 2.42. The molecule has 0 radical (unpaired) electrons. The van der Waals surface area contributed by atoms with Gasteiger partial charge in [-0.05, 0) is 19.3 Å². The summed E-state index contributed by atoms with van der Waals surface area (Å²) in [5, 5.41) is 3.36. The number of rotatable bonds is 4. The molecule has 1 saturated carbocycles. The van der Waals surface area contributed by atoms with Crippen LogP contribution in [0.25, 0.3) is 0 Å². The standard InChI is InChI=1S/C14H26N4O.HI/c1-3-15-14(16-7-6-13-4-5-13)18-10-8-17(9-11-18)12(2)19;/h13H,3-11H2,1-2H3,(H,15,16);1H. The molecule has 1 aliphatic carbocycles. The number of guanidine groups is 1. The second-order valence-electron chi connectivity index (χ2n) is 5.46. The highest BCUT2D eigenvalue weighted by Gasteiger charge is 2.22. The molecule has 116 valence electrons. The van der Waals surface area contributed by atoms with Crippen LogP contribution in [0.15, 0.2) is 4.99 Å². The van der Waals surface area contributed by atoms with E-state index < -0.39 is 0 Å². The van der Waals surface area contributed by atoms with E-state index in [1.54, 1.807) is 6.92 Å². The molecule has 1 amide bonds. The summed E-state index contributed by atoms with van der Waals surface area (Å²) in [6, 6.07) is 0. The van der Waals surface area contributed by atoms with Gasteiger partial charge in [0.25, 0.3) is 0 Å². The second-order valence-corrected chi connectivity index (χ2v) is 5.46. The predicted octanol–water partition coefficient (Wildman–Crippen LogP) is 1.53. The van der Waals surface area contributed by atoms with Gasteiger partial charge in [-0.2, -0.15) is 0 Å². The van der Waals surface area contributed by atoms with Gasteiger partial charge in [-0.25, -0.2) is 0 Å². The average molecular weight is 394 g/mol. The van der Waals surface area contributed by atoms with Crippen molar-refractivity contribution in [1.29, 1.82) is 0 Å². The highest BCUT2D eigenvalue weighted by atomic mass is 127. The van der Waals surface area contributed by atoms with Crippen LogP contribution in [0.2, 0.25) is 0 Å². The number of amides is 1. The van der Waals surface area contributed by atoms with E-state index in [0.717, 1.165) is 51.1 Å². The van der Waals surface area contributed by atoms with Crippen LogP contribution < -0.4 is 5.32 Å². The van der Waals surface area contributed by atoms with Crippen LogP contribution >= 0.6 is 24.0 Å². The van der Waals surface area contributed by atoms with Crippen molar-refractivity contribution in [3.63, 3.8) is 0 Å². The minimum atomic E-state index is 0. The summed E-state index contributed by atoms with van der Waals surface area (Å²) in [4.78, 5) is 20.2. The fourth-order valence-corrected chi connectivity index (χ4v) is 2.42. The van der Waals surface area contributed by atoms with Crippen LogP contribution in [0.5, 0.6) is 0 Å². The van der Waals surface area contributed by atoms with Gasteiger partial charge in [0.05, 0.1) is 0 Å². The fraction of sp³-hybridized carbons (Fsp3) is 0.857. The van der Waals surface area contributed by atoms with Gasteiger partial charge in [-0.1, -0.05) is 12.8 Å². The van der Waals surface area contributed by atoms with Crippen molar-refractivity contribution in [3.8, 4) is 0 Å². The topological polar surface area (TPSA) is 47.9 Å². The molecule has 1 N–H and O–H groups in total. The molecule has 2 fully saturated rings. The van der Waals surface area contributed by atoms with Crippen LogP contribution in [0.3, 0.4) is 0 Å². The van der Waals surface area contributed by atoms with Crippen molar-refractivity contribution in [1.82, 2.24) is 15.1 Å². The first-order valence-corrected chi connectivity index (χ1v) is 7.49. The maximum atomic E-state index is 11.3. The largest absolute Gasteiger partial charge is 0.357 e. The highest BCUT2D eigenvalue weighted by molar-refractivity contribution is 14.0. The smallest absolute Gasteiger partial charge is 0.219 e. The third kappa shape index (κ3) is 5.46. The molecule has 20 heavy (non-hydrogen) atoms. The second kappa shape index (κ2) is 8.69. The summed E-state index contributed by atoms with van der Waals surface area (Å²) < 4.78 is 0. The molecule has 0 unspecified atom stereocenters. The Morgan fingerprint density at radius 1 is 1.20 bits per heavy atom. The van der Waals surface area contributed by atoms with Gasteiger partial charge in [0, 0.05) is 46.2 Å². The number of hydrogen-bond acceptors (Lipinski definition) is 2. The molecule has 0 aromatic heterocycles. The number of nitrogens with zero attached hydrogens (tertiary/aromatic N) is 3. The first kappa shape index (κ1) is 17.5. The van der Waals surface area contributed by atoms with Crippen LogP contribution in [0, 0.1) is 5.92 Å². The molecule has 1 saturated heterocycles. The summed E-state index contributed by atoms with van der Waals surface area (Å²) in [6.07, 6.45) is 4.01. The third-order valence-corrected chi connectivity index (χ3v) is 3.86. The van der Waals surface area contributed by atoms with Gasteiger partial charge in [0.15, 0.2) is 5.96 Å². The molecule has 1 aliphatic heterocycles. The van der Waals surface area contributed by atoms with Crippen molar-refractivity contribution in [2.24, 2.45) is 10.9 Å². The van der Waals surface area contributed by atoms with Gasteiger partial charge in [-0.3, -0.25) is 9.79 Å². The van der Waals surface area contributed by atoms with E-state index in [0.29, 0.717) is 0 Å². The molecule has 2 aliphatic rings. The van der Waals surface area contributed by atoms with Crippen LogP contribution in [-0.2, 0) is 4.79 Å². The Hall–Kier alpha value is -0.530. The SMILES string of the molecule is CCNC(=NCCC1CC1)N1CCN(C(C)=O)CC1.I. The Balaban J connectivity index is 0.00000200. The predicted molar refractivity (Wildman–Crippen MR) is 92.6 cm³/mol. The Morgan fingerprint density at radius 2 is 1.80 bits per heavy atom. The number of carbonyl (C=O) groups is 1. The number of piperazine rings is 1. The zero-order valence-electron chi connectivity index (χ0n) is 12.6. The lowest BCUT2D eigenvalue weighted by atomic mass is 10.3. The highest BCUT2D eigenvalue weighted by Crippen LogP contribution is 2.32. The lowest BCUT2D eigenvalue weighted by Crippen LogP contribution is -2.53. The molecule has 0 aromatic rings. The van der Waals surface area contributed by atoms with Crippen molar-refractivity contribution in [3.05, 3.63) is 0 Å². The maximum absolute atomic E-state index is 11.3. The summed E-state index contributed by atoms with van der Waals surface area (Å²) in [7, 11) is 0. The van der Waals surface area contributed by atoms with Gasteiger partial charge < -0.3 is 15.1 Å². The first-order chi connectivity index (χ1) is 9.20. The lowest BCUT2D eigenvalue weighted by Gasteiger charge is -2.36. The Morgan fingerprint density at radius 3 is 2.30 bits per heavy atom. The van der Waals surface area contributed by atoms with Crippen molar-refractivity contribution in [2.45, 2.75) is 33.1 Å². The van der Waals surface area contributed by atoms with Gasteiger partial charge in [0.2, 0.25) is 5.91 Å². The van der Waals surface area contributed by atoms with Crippen molar-refractivity contribution >= 4 is 35.8 Å². The number of carbonyl (C=O) groups excluding carboxylic acids is 1. The average Bonchev–Trinajstić information content (AvgIpc) is 3.22. The van der Waals surface area contributed by atoms with E-state index in [2.05, 4.69) is 17.1 Å². The molecule has 0 aromatic carbocycles. The molecule has 1 heterocycles. The van der Waals surface area contributed by atoms with Gasteiger partial charge in [0.1, 0.15) is 0 Å². The van der Waals surface area contributed by atoms with E-state index in [1.165, 1.54) is 19.3 Å². The van der Waals surface area contributed by atoms with Crippen LogP contribution in [0.1, 0.15) is 33.1 Å². The molecule has 0 atom stereocenters. The summed E-state index contributed by atoms with van der Waals surface area (Å²) in [6.45, 7) is 8.95. The van der Waals surface area contributed by atoms with Crippen LogP contribution in [-0.4, -0.2) is 60.9 Å². The molecule has 2 rings (SSSR count). The van der Waals surface area contributed by atoms with E-state index in [-0.39, 0.29) is 29.9 Å². The summed E-state index contributed by atoms with van der Waals surface area (Å²) in [5.74, 6) is 2.13. The Labute approximate surface area is 139 Å². The molecular weight excluding hydrogens is 367 g/mol.